The van der Waals surface area contributed by atoms with E-state index in [4.69, 9.17) is 14.0 Å². The van der Waals surface area contributed by atoms with Gasteiger partial charge >= 0.3 is 0 Å². The number of hydrogen-bond donors (Lipinski definition) is 0. The Morgan fingerprint density at radius 3 is 1.56 bits per heavy atom. The monoisotopic (exact) mass is 581 g/mol. The maximum absolute atomic E-state index is 9.30. The van der Waals surface area contributed by atoms with Crippen LogP contribution in [0.1, 0.15) is 12.3 Å². The lowest BCUT2D eigenvalue weighted by atomic mass is 9.84. The molecule has 210 valence electrons. The maximum atomic E-state index is 9.30. The van der Waals surface area contributed by atoms with Crippen molar-refractivity contribution in [2.75, 3.05) is 0 Å². The molecule has 0 atom stereocenters. The van der Waals surface area contributed by atoms with Crippen molar-refractivity contribution in [3.05, 3.63) is 170 Å². The molecule has 0 amide bonds. The number of fused-ring (bicyclic) bond motifs is 5. The average Bonchev–Trinajstić information content (AvgIpc) is 3.57. The fourth-order valence-corrected chi connectivity index (χ4v) is 6.48. The number of para-hydroxylation sites is 1. The Kier molecular flexibility index (Phi) is 4.15. The molecule has 1 aromatic heterocycles. The lowest BCUT2D eigenvalue weighted by molar-refractivity contribution is 0.669. The second-order valence-corrected chi connectivity index (χ2v) is 11.0. The van der Waals surface area contributed by atoms with Gasteiger partial charge in [0.25, 0.3) is 0 Å². The second-order valence-electron chi connectivity index (χ2n) is 11.0. The van der Waals surface area contributed by atoms with E-state index in [-0.39, 0.29) is 52.9 Å². The molecule has 0 aliphatic heterocycles. The first kappa shape index (κ1) is 18.0. The maximum Gasteiger partial charge on any atom is 0.136 e. The first-order chi connectivity index (χ1) is 26.1. The van der Waals surface area contributed by atoms with E-state index in [1.54, 1.807) is 24.3 Å². The molecule has 0 unspecified atom stereocenters. The SMILES string of the molecule is [2H]c1c([2H])c([2H])c(-c2cc(-c3c4ccccc4c(-c4c([2H])c([2H])c(-c5ccccc5)c([2H])c4[2H])c4ccccc34)cc3oc4ccccc4c23)c([2H])c1[2H]. The van der Waals surface area contributed by atoms with Crippen molar-refractivity contribution in [2.24, 2.45) is 0 Å². The summed E-state index contributed by atoms with van der Waals surface area (Å²) < 4.78 is 86.3. The van der Waals surface area contributed by atoms with E-state index in [1.807, 2.05) is 91.0 Å². The Morgan fingerprint density at radius 1 is 0.378 bits per heavy atom. The largest absolute Gasteiger partial charge is 0.456 e. The van der Waals surface area contributed by atoms with Crippen molar-refractivity contribution in [1.29, 1.82) is 0 Å². The zero-order valence-corrected chi connectivity index (χ0v) is 23.9. The molecule has 0 aliphatic rings. The summed E-state index contributed by atoms with van der Waals surface area (Å²) in [7, 11) is 0. The average molecular weight is 582 g/mol. The highest BCUT2D eigenvalue weighted by atomic mass is 16.3. The minimum atomic E-state index is -0.475. The molecule has 9 rings (SSSR count). The predicted octanol–water partition coefficient (Wildman–Crippen LogP) is 12.6. The lowest BCUT2D eigenvalue weighted by Gasteiger charge is -2.18. The molecule has 0 radical (unpaired) electrons. The summed E-state index contributed by atoms with van der Waals surface area (Å²) in [5.41, 5.74) is 4.59. The van der Waals surface area contributed by atoms with Gasteiger partial charge in [0.1, 0.15) is 11.2 Å². The van der Waals surface area contributed by atoms with E-state index in [9.17, 15) is 2.74 Å². The molecule has 8 aromatic carbocycles. The van der Waals surface area contributed by atoms with Gasteiger partial charge in [0.05, 0.1) is 12.3 Å². The van der Waals surface area contributed by atoms with Crippen LogP contribution in [0.2, 0.25) is 0 Å². The molecular weight excluding hydrogens is 544 g/mol. The van der Waals surface area contributed by atoms with Gasteiger partial charge in [-0.2, -0.15) is 0 Å². The summed E-state index contributed by atoms with van der Waals surface area (Å²) in [6, 6.07) is 32.9. The van der Waals surface area contributed by atoms with Crippen LogP contribution < -0.4 is 0 Å². The highest BCUT2D eigenvalue weighted by molar-refractivity contribution is 6.23. The molecule has 0 N–H and O–H groups in total. The molecule has 1 heteroatoms. The topological polar surface area (TPSA) is 13.1 Å². The van der Waals surface area contributed by atoms with E-state index in [2.05, 4.69) is 0 Å². The fourth-order valence-electron chi connectivity index (χ4n) is 6.48. The van der Waals surface area contributed by atoms with Gasteiger partial charge in [-0.25, -0.2) is 0 Å². The molecule has 1 nitrogen and oxygen atoms in total. The van der Waals surface area contributed by atoms with E-state index in [0.717, 1.165) is 21.7 Å². The van der Waals surface area contributed by atoms with Gasteiger partial charge in [0.2, 0.25) is 0 Å². The third kappa shape index (κ3) is 4.17. The summed E-state index contributed by atoms with van der Waals surface area (Å²) >= 11 is 0. The van der Waals surface area contributed by atoms with Crippen LogP contribution in [0.25, 0.3) is 88.0 Å². The van der Waals surface area contributed by atoms with Crippen LogP contribution in [0, 0.1) is 0 Å². The van der Waals surface area contributed by atoms with Crippen molar-refractivity contribution in [1.82, 2.24) is 0 Å². The van der Waals surface area contributed by atoms with Crippen molar-refractivity contribution >= 4 is 43.5 Å². The van der Waals surface area contributed by atoms with Crippen LogP contribution in [-0.4, -0.2) is 0 Å². The summed E-state index contributed by atoms with van der Waals surface area (Å²) in [5.74, 6) is 0. The third-order valence-electron chi connectivity index (χ3n) is 8.41. The normalized spacial score (nSPS) is 14.4. The molecule has 0 fully saturated rings. The molecule has 1 heterocycles. The first-order valence-electron chi connectivity index (χ1n) is 19.2. The van der Waals surface area contributed by atoms with E-state index in [1.165, 1.54) is 0 Å². The van der Waals surface area contributed by atoms with Gasteiger partial charge in [-0.15, -0.1) is 0 Å². The zero-order chi connectivity index (χ0) is 37.6. The molecule has 0 saturated heterocycles. The fraction of sp³-hybridized carbons (Fsp3) is 0. The number of rotatable bonds is 4. The Morgan fingerprint density at radius 2 is 0.911 bits per heavy atom. The first-order valence-corrected chi connectivity index (χ1v) is 14.7. The van der Waals surface area contributed by atoms with E-state index >= 15 is 0 Å². The lowest BCUT2D eigenvalue weighted by Crippen LogP contribution is -1.92. The number of furan rings is 1. The smallest absolute Gasteiger partial charge is 0.136 e. The number of hydrogen-bond acceptors (Lipinski definition) is 1. The van der Waals surface area contributed by atoms with Crippen LogP contribution >= 0.6 is 0 Å². The minimum Gasteiger partial charge on any atom is -0.456 e. The molecule has 0 aliphatic carbocycles. The summed E-state index contributed by atoms with van der Waals surface area (Å²) in [6.45, 7) is 0. The van der Waals surface area contributed by atoms with Crippen LogP contribution in [0.3, 0.4) is 0 Å². The molecular formula is C44H28O. The van der Waals surface area contributed by atoms with Gasteiger partial charge in [0, 0.05) is 10.8 Å². The van der Waals surface area contributed by atoms with E-state index in [0.29, 0.717) is 49.6 Å². The molecule has 0 bridgehead atoms. The summed E-state index contributed by atoms with van der Waals surface area (Å²) in [4.78, 5) is 0. The van der Waals surface area contributed by atoms with Gasteiger partial charge in [-0.05, 0) is 84.3 Å². The standard InChI is InChI=1S/C44H28O/c1-3-13-29(14-4-1)30-23-25-32(26-24-30)42-34-17-7-9-19-36(34)43(37-20-10-8-18-35(37)42)33-27-39(31-15-5-2-6-16-31)44-38-21-11-12-22-40(38)45-41(44)28-33/h1-28H/i2D,5D,6D,15D,16D,23D,24D,25D,26D. The van der Waals surface area contributed by atoms with Crippen molar-refractivity contribution in [2.45, 2.75) is 0 Å². The van der Waals surface area contributed by atoms with E-state index < -0.39 is 18.1 Å². The summed E-state index contributed by atoms with van der Waals surface area (Å²) in [5, 5.41) is 4.30. The minimum absolute atomic E-state index is 0.0618. The van der Waals surface area contributed by atoms with Crippen LogP contribution in [-0.2, 0) is 0 Å². The van der Waals surface area contributed by atoms with Crippen LogP contribution in [0.4, 0.5) is 0 Å². The molecule has 0 saturated carbocycles. The highest BCUT2D eigenvalue weighted by Crippen LogP contribution is 2.46. The third-order valence-corrected chi connectivity index (χ3v) is 8.41. The summed E-state index contributed by atoms with van der Waals surface area (Å²) in [6.07, 6.45) is 0. The van der Waals surface area contributed by atoms with Gasteiger partial charge in [-0.1, -0.05) is 151 Å². The predicted molar refractivity (Wildman–Crippen MR) is 190 cm³/mol. The Bertz CT molecular complexity index is 2930. The van der Waals surface area contributed by atoms with Crippen LogP contribution in [0.15, 0.2) is 174 Å². The van der Waals surface area contributed by atoms with Crippen molar-refractivity contribution in [3.8, 4) is 44.5 Å². The van der Waals surface area contributed by atoms with Gasteiger partial charge in [-0.3, -0.25) is 0 Å². The molecule has 9 aromatic rings. The Balaban J connectivity index is 1.41. The second kappa shape index (κ2) is 10.4. The molecule has 0 spiro atoms. The quantitative estimate of drug-likeness (QED) is 0.188. The van der Waals surface area contributed by atoms with Crippen molar-refractivity contribution < 1.29 is 16.8 Å². The number of benzene rings is 8. The Hall–Kier alpha value is -5.92. The van der Waals surface area contributed by atoms with Gasteiger partial charge in [0.15, 0.2) is 0 Å². The Labute approximate surface area is 274 Å². The zero-order valence-electron chi connectivity index (χ0n) is 32.9. The van der Waals surface area contributed by atoms with Crippen molar-refractivity contribution in [3.63, 3.8) is 0 Å². The highest BCUT2D eigenvalue weighted by Gasteiger charge is 2.20. The van der Waals surface area contributed by atoms with Crippen LogP contribution in [0.5, 0.6) is 0 Å². The molecule has 45 heavy (non-hydrogen) atoms. The van der Waals surface area contributed by atoms with Gasteiger partial charge < -0.3 is 4.42 Å².